The lowest BCUT2D eigenvalue weighted by Gasteiger charge is -2.30. The fourth-order valence-electron chi connectivity index (χ4n) is 2.98. The molecule has 0 radical (unpaired) electrons. The van der Waals surface area contributed by atoms with Crippen LogP contribution in [0.2, 0.25) is 0 Å². The number of hydrogen-bond donors (Lipinski definition) is 1. The Kier molecular flexibility index (Phi) is 6.16. The molecule has 2 unspecified atom stereocenters. The van der Waals surface area contributed by atoms with E-state index in [0.29, 0.717) is 6.04 Å². The van der Waals surface area contributed by atoms with Crippen LogP contribution in [-0.4, -0.2) is 37.3 Å². The first-order chi connectivity index (χ1) is 8.40. The summed E-state index contributed by atoms with van der Waals surface area (Å²) in [6, 6.07) is 0.713. The number of hydrogen-bond acceptors (Lipinski definition) is 3. The van der Waals surface area contributed by atoms with Crippen LogP contribution in [0.15, 0.2) is 0 Å². The third-order valence-electron chi connectivity index (χ3n) is 4.12. The number of nitrogens with one attached hydrogen (secondary N) is 1. The Morgan fingerprint density at radius 3 is 2.76 bits per heavy atom. The van der Waals surface area contributed by atoms with E-state index >= 15 is 0 Å². The van der Waals surface area contributed by atoms with Gasteiger partial charge in [0, 0.05) is 12.6 Å². The summed E-state index contributed by atoms with van der Waals surface area (Å²) in [6.45, 7) is 5.40. The van der Waals surface area contributed by atoms with Crippen LogP contribution in [-0.2, 0) is 4.74 Å². The van der Waals surface area contributed by atoms with Crippen molar-refractivity contribution in [1.82, 2.24) is 5.32 Å². The fourth-order valence-corrected chi connectivity index (χ4v) is 4.19. The molecule has 2 aliphatic rings. The first-order valence-electron chi connectivity index (χ1n) is 7.29. The summed E-state index contributed by atoms with van der Waals surface area (Å²) in [6.07, 6.45) is 6.76. The molecule has 0 spiro atoms. The molecule has 2 aliphatic heterocycles. The van der Waals surface area contributed by atoms with Crippen LogP contribution in [0, 0.1) is 11.8 Å². The topological polar surface area (TPSA) is 21.3 Å². The minimum absolute atomic E-state index is 0.713. The van der Waals surface area contributed by atoms with E-state index in [0.717, 1.165) is 25.0 Å². The molecular weight excluding hydrogens is 230 g/mol. The number of ether oxygens (including phenoxy) is 1. The van der Waals surface area contributed by atoms with Gasteiger partial charge in [-0.2, -0.15) is 11.8 Å². The molecule has 2 atom stereocenters. The van der Waals surface area contributed by atoms with Crippen molar-refractivity contribution in [1.29, 1.82) is 0 Å². The third-order valence-corrected chi connectivity index (χ3v) is 5.17. The van der Waals surface area contributed by atoms with Crippen LogP contribution in [0.3, 0.4) is 0 Å². The summed E-state index contributed by atoms with van der Waals surface area (Å²) in [5.74, 6) is 4.50. The van der Waals surface area contributed by atoms with Gasteiger partial charge in [-0.25, -0.2) is 0 Å². The van der Waals surface area contributed by atoms with Gasteiger partial charge in [-0.05, 0) is 62.0 Å². The van der Waals surface area contributed by atoms with Gasteiger partial charge < -0.3 is 10.1 Å². The molecule has 2 rings (SSSR count). The van der Waals surface area contributed by atoms with Crippen LogP contribution >= 0.6 is 11.8 Å². The number of thioether (sulfide) groups is 1. The van der Waals surface area contributed by atoms with Gasteiger partial charge in [0.2, 0.25) is 0 Å². The van der Waals surface area contributed by atoms with E-state index in [9.17, 15) is 0 Å². The summed E-state index contributed by atoms with van der Waals surface area (Å²) in [5.41, 5.74) is 0. The van der Waals surface area contributed by atoms with Crippen LogP contribution in [0.1, 0.15) is 39.0 Å². The molecule has 2 fully saturated rings. The highest BCUT2D eigenvalue weighted by atomic mass is 32.2. The highest BCUT2D eigenvalue weighted by Gasteiger charge is 2.28. The van der Waals surface area contributed by atoms with E-state index in [2.05, 4.69) is 24.0 Å². The molecule has 0 aromatic heterocycles. The molecular formula is C14H27NOS. The molecule has 2 saturated heterocycles. The standard InChI is InChI=1S/C14H27NOS/c1-2-6-15-14(13-3-7-16-11-13)10-12-4-8-17-9-5-12/h12-15H,2-11H2,1H3. The normalized spacial score (nSPS) is 28.4. The molecule has 0 aromatic rings. The van der Waals surface area contributed by atoms with E-state index < -0.39 is 0 Å². The lowest BCUT2D eigenvalue weighted by Crippen LogP contribution is -2.39. The van der Waals surface area contributed by atoms with Crippen LogP contribution in [0.5, 0.6) is 0 Å². The Balaban J connectivity index is 1.80. The largest absolute Gasteiger partial charge is 0.381 e. The van der Waals surface area contributed by atoms with E-state index in [4.69, 9.17) is 4.74 Å². The maximum Gasteiger partial charge on any atom is 0.0510 e. The monoisotopic (exact) mass is 257 g/mol. The third kappa shape index (κ3) is 4.46. The fraction of sp³-hybridized carbons (Fsp3) is 1.00. The van der Waals surface area contributed by atoms with Crippen LogP contribution in [0.4, 0.5) is 0 Å². The van der Waals surface area contributed by atoms with Crippen LogP contribution in [0.25, 0.3) is 0 Å². The van der Waals surface area contributed by atoms with Gasteiger partial charge >= 0.3 is 0 Å². The van der Waals surface area contributed by atoms with Gasteiger partial charge in [0.15, 0.2) is 0 Å². The average Bonchev–Trinajstić information content (AvgIpc) is 2.89. The van der Waals surface area contributed by atoms with Crippen molar-refractivity contribution in [2.45, 2.75) is 45.1 Å². The zero-order valence-corrected chi connectivity index (χ0v) is 11.9. The Labute approximate surface area is 110 Å². The lowest BCUT2D eigenvalue weighted by molar-refractivity contribution is 0.171. The van der Waals surface area contributed by atoms with Crippen molar-refractivity contribution < 1.29 is 4.74 Å². The van der Waals surface area contributed by atoms with Crippen molar-refractivity contribution in [3.63, 3.8) is 0 Å². The van der Waals surface area contributed by atoms with Crippen LogP contribution < -0.4 is 5.32 Å². The molecule has 0 saturated carbocycles. The maximum atomic E-state index is 5.56. The van der Waals surface area contributed by atoms with Crippen molar-refractivity contribution in [2.24, 2.45) is 11.8 Å². The first kappa shape index (κ1) is 13.7. The predicted molar refractivity (Wildman–Crippen MR) is 75.7 cm³/mol. The van der Waals surface area contributed by atoms with Crippen molar-refractivity contribution >= 4 is 11.8 Å². The molecule has 17 heavy (non-hydrogen) atoms. The molecule has 2 heterocycles. The zero-order valence-electron chi connectivity index (χ0n) is 11.1. The van der Waals surface area contributed by atoms with E-state index in [1.807, 2.05) is 0 Å². The highest BCUT2D eigenvalue weighted by molar-refractivity contribution is 7.99. The molecule has 2 nitrogen and oxygen atoms in total. The summed E-state index contributed by atoms with van der Waals surface area (Å²) in [4.78, 5) is 0. The molecule has 0 bridgehead atoms. The Morgan fingerprint density at radius 2 is 2.12 bits per heavy atom. The maximum absolute atomic E-state index is 5.56. The van der Waals surface area contributed by atoms with E-state index in [-0.39, 0.29) is 0 Å². The molecule has 0 aromatic carbocycles. The van der Waals surface area contributed by atoms with E-state index in [1.165, 1.54) is 50.2 Å². The SMILES string of the molecule is CCCNC(CC1CCSCC1)C1CCOC1. The summed E-state index contributed by atoms with van der Waals surface area (Å²) in [5, 5.41) is 3.77. The van der Waals surface area contributed by atoms with Gasteiger partial charge in [-0.3, -0.25) is 0 Å². The van der Waals surface area contributed by atoms with Crippen molar-refractivity contribution in [2.75, 3.05) is 31.3 Å². The molecule has 1 N–H and O–H groups in total. The summed E-state index contributed by atoms with van der Waals surface area (Å²) >= 11 is 2.13. The number of rotatable bonds is 6. The second-order valence-corrected chi connectivity index (χ2v) is 6.70. The Hall–Kier alpha value is 0.270. The molecule has 3 heteroatoms. The predicted octanol–water partition coefficient (Wildman–Crippen LogP) is 2.92. The minimum Gasteiger partial charge on any atom is -0.381 e. The summed E-state index contributed by atoms with van der Waals surface area (Å²) < 4.78 is 5.56. The van der Waals surface area contributed by atoms with Gasteiger partial charge in [-0.15, -0.1) is 0 Å². The van der Waals surface area contributed by atoms with Gasteiger partial charge in [0.05, 0.1) is 6.61 Å². The highest BCUT2D eigenvalue weighted by Crippen LogP contribution is 2.29. The van der Waals surface area contributed by atoms with Gasteiger partial charge in [-0.1, -0.05) is 6.92 Å². The first-order valence-corrected chi connectivity index (χ1v) is 8.44. The van der Waals surface area contributed by atoms with E-state index in [1.54, 1.807) is 0 Å². The quantitative estimate of drug-likeness (QED) is 0.790. The second-order valence-electron chi connectivity index (χ2n) is 5.48. The van der Waals surface area contributed by atoms with Crippen molar-refractivity contribution in [3.05, 3.63) is 0 Å². The smallest absolute Gasteiger partial charge is 0.0510 e. The summed E-state index contributed by atoms with van der Waals surface area (Å²) in [7, 11) is 0. The Bertz CT molecular complexity index is 200. The second kappa shape index (κ2) is 7.65. The molecule has 100 valence electrons. The van der Waals surface area contributed by atoms with Crippen molar-refractivity contribution in [3.8, 4) is 0 Å². The molecule has 0 aliphatic carbocycles. The lowest BCUT2D eigenvalue weighted by atomic mass is 9.87. The van der Waals surface area contributed by atoms with Gasteiger partial charge in [0.25, 0.3) is 0 Å². The molecule has 0 amide bonds. The average molecular weight is 257 g/mol. The minimum atomic E-state index is 0.713. The Morgan fingerprint density at radius 1 is 1.29 bits per heavy atom. The zero-order chi connectivity index (χ0) is 11.9. The van der Waals surface area contributed by atoms with Gasteiger partial charge in [0.1, 0.15) is 0 Å².